The van der Waals surface area contributed by atoms with Crippen LogP contribution in [0.2, 0.25) is 0 Å². The second kappa shape index (κ2) is 7.93. The Kier molecular flexibility index (Phi) is 5.44. The Morgan fingerprint density at radius 3 is 2.54 bits per heavy atom. The number of rotatable bonds is 7. The summed E-state index contributed by atoms with van der Waals surface area (Å²) in [5, 5.41) is 4.17. The van der Waals surface area contributed by atoms with Gasteiger partial charge in [-0.15, -0.1) is 0 Å². The van der Waals surface area contributed by atoms with Crippen LogP contribution >= 0.6 is 0 Å². The number of aryl methyl sites for hydroxylation is 2. The van der Waals surface area contributed by atoms with Gasteiger partial charge in [-0.3, -0.25) is 0 Å². The van der Waals surface area contributed by atoms with E-state index in [4.69, 9.17) is 4.52 Å². The molecule has 3 nitrogen and oxygen atoms in total. The molecule has 0 bridgehead atoms. The van der Waals surface area contributed by atoms with E-state index >= 15 is 0 Å². The van der Waals surface area contributed by atoms with Gasteiger partial charge >= 0.3 is 0 Å². The van der Waals surface area contributed by atoms with E-state index in [9.17, 15) is 0 Å². The van der Waals surface area contributed by atoms with Crippen LogP contribution in [0, 0.1) is 6.92 Å². The lowest BCUT2D eigenvalue weighted by molar-refractivity contribution is 0.311. The first-order valence-corrected chi connectivity index (χ1v) is 8.46. The highest BCUT2D eigenvalue weighted by molar-refractivity contribution is 5.58. The zero-order valence-electron chi connectivity index (χ0n) is 14.4. The fraction of sp³-hybridized carbons (Fsp3) is 0.286. The van der Waals surface area contributed by atoms with E-state index in [-0.39, 0.29) is 0 Å². The number of nitrogens with zero attached hydrogens (tertiary/aromatic N) is 2. The van der Waals surface area contributed by atoms with Crippen LogP contribution in [0.4, 0.5) is 0 Å². The molecule has 2 aromatic carbocycles. The van der Waals surface area contributed by atoms with Crippen molar-refractivity contribution in [3.63, 3.8) is 0 Å². The van der Waals surface area contributed by atoms with Crippen LogP contribution in [-0.4, -0.2) is 23.6 Å². The topological polar surface area (TPSA) is 29.3 Å². The first-order chi connectivity index (χ1) is 11.7. The zero-order chi connectivity index (χ0) is 16.8. The van der Waals surface area contributed by atoms with Gasteiger partial charge in [0, 0.05) is 24.6 Å². The van der Waals surface area contributed by atoms with Crippen LogP contribution in [0.15, 0.2) is 65.2 Å². The SMILES string of the molecule is Cc1ccccc1CN(C)CCCc1cc(-c2ccccc2)no1. The molecule has 3 aromatic rings. The van der Waals surface area contributed by atoms with E-state index in [2.05, 4.69) is 66.5 Å². The molecular weight excluding hydrogens is 296 g/mol. The normalized spacial score (nSPS) is 11.1. The van der Waals surface area contributed by atoms with Crippen molar-refractivity contribution >= 4 is 0 Å². The van der Waals surface area contributed by atoms with Crippen LogP contribution in [0.1, 0.15) is 23.3 Å². The summed E-state index contributed by atoms with van der Waals surface area (Å²) < 4.78 is 5.47. The predicted molar refractivity (Wildman–Crippen MR) is 97.8 cm³/mol. The molecule has 0 aliphatic carbocycles. The summed E-state index contributed by atoms with van der Waals surface area (Å²) in [6.45, 7) is 4.19. The Morgan fingerprint density at radius 1 is 1.00 bits per heavy atom. The second-order valence-electron chi connectivity index (χ2n) is 6.31. The van der Waals surface area contributed by atoms with Crippen LogP contribution in [-0.2, 0) is 13.0 Å². The van der Waals surface area contributed by atoms with Gasteiger partial charge in [0.1, 0.15) is 11.5 Å². The molecular formula is C21H24N2O. The minimum atomic E-state index is 0.915. The van der Waals surface area contributed by atoms with Crippen molar-refractivity contribution in [2.24, 2.45) is 0 Å². The predicted octanol–water partition coefficient (Wildman–Crippen LogP) is 4.71. The van der Waals surface area contributed by atoms with Gasteiger partial charge < -0.3 is 9.42 Å². The third-order valence-electron chi connectivity index (χ3n) is 4.29. The van der Waals surface area contributed by atoms with Crippen LogP contribution < -0.4 is 0 Å². The first kappa shape index (κ1) is 16.5. The van der Waals surface area contributed by atoms with Crippen molar-refractivity contribution in [1.29, 1.82) is 0 Å². The molecule has 0 saturated carbocycles. The number of aromatic nitrogens is 1. The summed E-state index contributed by atoms with van der Waals surface area (Å²) in [6, 6.07) is 20.8. The zero-order valence-corrected chi connectivity index (χ0v) is 14.4. The van der Waals surface area contributed by atoms with Crippen LogP contribution in [0.25, 0.3) is 11.3 Å². The highest BCUT2D eigenvalue weighted by Crippen LogP contribution is 2.19. The molecule has 0 unspecified atom stereocenters. The van der Waals surface area contributed by atoms with Gasteiger partial charge in [-0.25, -0.2) is 0 Å². The average molecular weight is 320 g/mol. The molecule has 124 valence electrons. The van der Waals surface area contributed by atoms with Crippen molar-refractivity contribution < 1.29 is 4.52 Å². The molecule has 1 heterocycles. The highest BCUT2D eigenvalue weighted by Gasteiger charge is 2.07. The van der Waals surface area contributed by atoms with Crippen molar-refractivity contribution in [2.45, 2.75) is 26.3 Å². The molecule has 3 rings (SSSR count). The van der Waals surface area contributed by atoms with Gasteiger partial charge in [0.05, 0.1) is 0 Å². The number of hydrogen-bond donors (Lipinski definition) is 0. The van der Waals surface area contributed by atoms with E-state index in [1.807, 2.05) is 18.2 Å². The molecule has 24 heavy (non-hydrogen) atoms. The monoisotopic (exact) mass is 320 g/mol. The summed E-state index contributed by atoms with van der Waals surface area (Å²) in [6.07, 6.45) is 1.98. The molecule has 0 atom stereocenters. The van der Waals surface area contributed by atoms with Crippen LogP contribution in [0.3, 0.4) is 0 Å². The molecule has 0 spiro atoms. The first-order valence-electron chi connectivity index (χ1n) is 8.46. The summed E-state index contributed by atoms with van der Waals surface area (Å²) in [4.78, 5) is 2.36. The van der Waals surface area contributed by atoms with E-state index in [1.54, 1.807) is 0 Å². The lowest BCUT2D eigenvalue weighted by Gasteiger charge is -2.17. The third kappa shape index (κ3) is 4.33. The van der Waals surface area contributed by atoms with E-state index in [0.29, 0.717) is 0 Å². The van der Waals surface area contributed by atoms with Crippen molar-refractivity contribution in [3.05, 3.63) is 77.6 Å². The highest BCUT2D eigenvalue weighted by atomic mass is 16.5. The molecule has 0 radical (unpaired) electrons. The van der Waals surface area contributed by atoms with Gasteiger partial charge in [0.2, 0.25) is 0 Å². The minimum Gasteiger partial charge on any atom is -0.361 e. The second-order valence-corrected chi connectivity index (χ2v) is 6.31. The van der Waals surface area contributed by atoms with Crippen LogP contribution in [0.5, 0.6) is 0 Å². The summed E-state index contributed by atoms with van der Waals surface area (Å²) in [7, 11) is 2.17. The minimum absolute atomic E-state index is 0.915. The Morgan fingerprint density at radius 2 is 1.75 bits per heavy atom. The number of benzene rings is 2. The fourth-order valence-corrected chi connectivity index (χ4v) is 2.86. The maximum absolute atomic E-state index is 5.47. The van der Waals surface area contributed by atoms with E-state index < -0.39 is 0 Å². The Labute approximate surface area is 143 Å². The van der Waals surface area contributed by atoms with E-state index in [1.165, 1.54) is 11.1 Å². The molecule has 3 heteroatoms. The Hall–Kier alpha value is -2.39. The van der Waals surface area contributed by atoms with E-state index in [0.717, 1.165) is 42.9 Å². The van der Waals surface area contributed by atoms with Gasteiger partial charge in [0.25, 0.3) is 0 Å². The van der Waals surface area contributed by atoms with Gasteiger partial charge in [0.15, 0.2) is 0 Å². The maximum atomic E-state index is 5.47. The standard InChI is InChI=1S/C21H24N2O/c1-17-9-6-7-12-19(17)16-23(2)14-8-13-20-15-21(22-24-20)18-10-4-3-5-11-18/h3-7,9-12,15H,8,13-14,16H2,1-2H3. The molecule has 0 aliphatic rings. The van der Waals surface area contributed by atoms with Crippen molar-refractivity contribution in [3.8, 4) is 11.3 Å². The molecule has 0 aliphatic heterocycles. The molecule has 0 N–H and O–H groups in total. The molecule has 0 fully saturated rings. The maximum Gasteiger partial charge on any atom is 0.137 e. The molecule has 0 amide bonds. The van der Waals surface area contributed by atoms with Crippen molar-refractivity contribution in [2.75, 3.05) is 13.6 Å². The van der Waals surface area contributed by atoms with Gasteiger partial charge in [-0.2, -0.15) is 0 Å². The molecule has 1 aromatic heterocycles. The summed E-state index contributed by atoms with van der Waals surface area (Å²) in [5.41, 5.74) is 4.76. The average Bonchev–Trinajstić information content (AvgIpc) is 3.07. The third-order valence-corrected chi connectivity index (χ3v) is 4.29. The summed E-state index contributed by atoms with van der Waals surface area (Å²) >= 11 is 0. The Balaban J connectivity index is 1.48. The quantitative estimate of drug-likeness (QED) is 0.631. The molecule has 0 saturated heterocycles. The van der Waals surface area contributed by atoms with Gasteiger partial charge in [-0.05, 0) is 38.1 Å². The smallest absolute Gasteiger partial charge is 0.137 e. The summed E-state index contributed by atoms with van der Waals surface area (Å²) in [5.74, 6) is 0.957. The Bertz CT molecular complexity index is 764. The number of hydrogen-bond acceptors (Lipinski definition) is 3. The van der Waals surface area contributed by atoms with Crippen molar-refractivity contribution in [1.82, 2.24) is 10.1 Å². The largest absolute Gasteiger partial charge is 0.361 e. The van der Waals surface area contributed by atoms with Gasteiger partial charge in [-0.1, -0.05) is 59.8 Å². The lowest BCUT2D eigenvalue weighted by atomic mass is 10.1. The fourth-order valence-electron chi connectivity index (χ4n) is 2.86. The lowest BCUT2D eigenvalue weighted by Crippen LogP contribution is -2.20.